The summed E-state index contributed by atoms with van der Waals surface area (Å²) in [5, 5.41) is 5.79. The molecular weight excluding hydrogens is 676 g/mol. The topological polar surface area (TPSA) is 85.9 Å². The minimum absolute atomic E-state index is 0.231. The molecule has 4 rings (SSSR count). The standard InChI is InChI=1S/C34H34Br2N2O5/c1-21(2)19-41-31-15-5-23(17-29(31)35)33(39)37-25-7-11-27(12-8-25)43-28-13-9-26(10-14-28)38-34(40)24-6-16-32(30(36)18-24)42-20-22(3)4/h5-18,21-22H,19-20H2,1-4H3,(H,37,39)(H,38,40). The molecule has 4 aromatic carbocycles. The fraction of sp³-hybridized carbons (Fsp3) is 0.235. The summed E-state index contributed by atoms with van der Waals surface area (Å²) >= 11 is 6.97. The van der Waals surface area contributed by atoms with E-state index in [0.717, 1.165) is 8.95 Å². The molecular formula is C34H34Br2N2O5. The molecule has 0 aliphatic rings. The van der Waals surface area contributed by atoms with Crippen molar-refractivity contribution in [2.24, 2.45) is 11.8 Å². The predicted molar refractivity (Wildman–Crippen MR) is 178 cm³/mol. The minimum atomic E-state index is -0.231. The number of amides is 2. The number of ether oxygens (including phenoxy) is 3. The fourth-order valence-corrected chi connectivity index (χ4v) is 4.77. The summed E-state index contributed by atoms with van der Waals surface area (Å²) in [6, 6.07) is 24.7. The highest BCUT2D eigenvalue weighted by atomic mass is 79.9. The normalized spacial score (nSPS) is 10.9. The molecule has 224 valence electrons. The molecule has 4 aromatic rings. The average Bonchev–Trinajstić information content (AvgIpc) is 2.97. The lowest BCUT2D eigenvalue weighted by Crippen LogP contribution is -2.12. The first-order valence-corrected chi connectivity index (χ1v) is 15.5. The third kappa shape index (κ3) is 9.59. The summed E-state index contributed by atoms with van der Waals surface area (Å²) < 4.78 is 18.9. The van der Waals surface area contributed by atoms with E-state index in [2.05, 4.69) is 70.2 Å². The summed E-state index contributed by atoms with van der Waals surface area (Å²) in [6.07, 6.45) is 0. The van der Waals surface area contributed by atoms with Crippen LogP contribution in [0.1, 0.15) is 48.4 Å². The highest BCUT2D eigenvalue weighted by Gasteiger charge is 2.12. The molecule has 0 bridgehead atoms. The van der Waals surface area contributed by atoms with Gasteiger partial charge in [0, 0.05) is 22.5 Å². The number of nitrogens with one attached hydrogen (secondary N) is 2. The number of benzene rings is 4. The van der Waals surface area contributed by atoms with Crippen molar-refractivity contribution in [3.8, 4) is 23.0 Å². The van der Waals surface area contributed by atoms with E-state index in [0.29, 0.717) is 70.5 Å². The largest absolute Gasteiger partial charge is 0.492 e. The summed E-state index contributed by atoms with van der Waals surface area (Å²) in [5.41, 5.74) is 2.30. The third-order valence-corrected chi connectivity index (χ3v) is 7.23. The van der Waals surface area contributed by atoms with Gasteiger partial charge in [-0.05, 0) is 129 Å². The maximum Gasteiger partial charge on any atom is 0.255 e. The average molecular weight is 710 g/mol. The van der Waals surface area contributed by atoms with E-state index < -0.39 is 0 Å². The molecule has 43 heavy (non-hydrogen) atoms. The van der Waals surface area contributed by atoms with Crippen molar-refractivity contribution in [2.45, 2.75) is 27.7 Å². The van der Waals surface area contributed by atoms with E-state index in [9.17, 15) is 9.59 Å². The highest BCUT2D eigenvalue weighted by molar-refractivity contribution is 9.10. The maximum absolute atomic E-state index is 12.8. The second kappa shape index (κ2) is 15.1. The van der Waals surface area contributed by atoms with Crippen molar-refractivity contribution in [1.29, 1.82) is 0 Å². The highest BCUT2D eigenvalue weighted by Crippen LogP contribution is 2.29. The monoisotopic (exact) mass is 708 g/mol. The molecule has 0 aromatic heterocycles. The fourth-order valence-electron chi connectivity index (χ4n) is 3.79. The van der Waals surface area contributed by atoms with Crippen LogP contribution in [0.25, 0.3) is 0 Å². The molecule has 0 saturated carbocycles. The number of carbonyl (C=O) groups is 2. The van der Waals surface area contributed by atoms with Gasteiger partial charge >= 0.3 is 0 Å². The molecule has 2 N–H and O–H groups in total. The van der Waals surface area contributed by atoms with Crippen LogP contribution in [-0.4, -0.2) is 25.0 Å². The van der Waals surface area contributed by atoms with E-state index in [1.165, 1.54) is 0 Å². The van der Waals surface area contributed by atoms with Gasteiger partial charge in [0.15, 0.2) is 0 Å². The van der Waals surface area contributed by atoms with Gasteiger partial charge in [-0.1, -0.05) is 27.7 Å². The number of hydrogen-bond acceptors (Lipinski definition) is 5. The quantitative estimate of drug-likeness (QED) is 0.153. The number of halogens is 2. The van der Waals surface area contributed by atoms with Crippen LogP contribution in [0.2, 0.25) is 0 Å². The molecule has 0 aliphatic carbocycles. The summed E-state index contributed by atoms with van der Waals surface area (Å²) in [4.78, 5) is 25.5. The Morgan fingerprint density at radius 3 is 1.30 bits per heavy atom. The van der Waals surface area contributed by atoms with Gasteiger partial charge in [-0.15, -0.1) is 0 Å². The van der Waals surface area contributed by atoms with Crippen LogP contribution in [0.4, 0.5) is 11.4 Å². The zero-order chi connectivity index (χ0) is 30.9. The van der Waals surface area contributed by atoms with Crippen molar-refractivity contribution >= 4 is 55.0 Å². The molecule has 0 unspecified atom stereocenters. The number of anilines is 2. The lowest BCUT2D eigenvalue weighted by molar-refractivity contribution is 0.101. The molecule has 0 heterocycles. The van der Waals surface area contributed by atoms with Gasteiger partial charge in [-0.25, -0.2) is 0 Å². The first kappa shape index (κ1) is 32.1. The van der Waals surface area contributed by atoms with E-state index in [-0.39, 0.29) is 11.8 Å². The van der Waals surface area contributed by atoms with Gasteiger partial charge in [-0.2, -0.15) is 0 Å². The van der Waals surface area contributed by atoms with Crippen LogP contribution in [-0.2, 0) is 0 Å². The molecule has 9 heteroatoms. The van der Waals surface area contributed by atoms with Crippen molar-refractivity contribution in [2.75, 3.05) is 23.8 Å². The number of carbonyl (C=O) groups excluding carboxylic acids is 2. The van der Waals surface area contributed by atoms with Crippen molar-refractivity contribution in [1.82, 2.24) is 0 Å². The Morgan fingerprint density at radius 1 is 0.605 bits per heavy atom. The lowest BCUT2D eigenvalue weighted by atomic mass is 10.2. The van der Waals surface area contributed by atoms with Crippen LogP contribution in [0.15, 0.2) is 93.9 Å². The van der Waals surface area contributed by atoms with Crippen molar-refractivity contribution in [3.63, 3.8) is 0 Å². The maximum atomic E-state index is 12.8. The molecule has 0 atom stereocenters. The van der Waals surface area contributed by atoms with Crippen LogP contribution in [0, 0.1) is 11.8 Å². The summed E-state index contributed by atoms with van der Waals surface area (Å²) in [5.74, 6) is 2.96. The zero-order valence-corrected chi connectivity index (χ0v) is 27.6. The van der Waals surface area contributed by atoms with Crippen LogP contribution >= 0.6 is 31.9 Å². The minimum Gasteiger partial charge on any atom is -0.492 e. The Balaban J connectivity index is 1.29. The Labute approximate surface area is 269 Å². The van der Waals surface area contributed by atoms with Crippen LogP contribution in [0.3, 0.4) is 0 Å². The van der Waals surface area contributed by atoms with Gasteiger partial charge in [0.05, 0.1) is 22.2 Å². The van der Waals surface area contributed by atoms with Crippen molar-refractivity contribution in [3.05, 3.63) is 105 Å². The second-order valence-electron chi connectivity index (χ2n) is 10.8. The number of rotatable bonds is 12. The molecule has 7 nitrogen and oxygen atoms in total. The lowest BCUT2D eigenvalue weighted by Gasteiger charge is -2.12. The van der Waals surface area contributed by atoms with E-state index in [4.69, 9.17) is 14.2 Å². The predicted octanol–water partition coefficient (Wildman–Crippen LogP) is 9.58. The molecule has 0 aliphatic heterocycles. The van der Waals surface area contributed by atoms with E-state index in [1.54, 1.807) is 84.9 Å². The van der Waals surface area contributed by atoms with Crippen LogP contribution < -0.4 is 24.8 Å². The molecule has 0 radical (unpaired) electrons. The Hall–Kier alpha value is -3.82. The molecule has 2 amide bonds. The van der Waals surface area contributed by atoms with Crippen molar-refractivity contribution < 1.29 is 23.8 Å². The summed E-state index contributed by atoms with van der Waals surface area (Å²) in [6.45, 7) is 9.51. The van der Waals surface area contributed by atoms with E-state index in [1.807, 2.05) is 0 Å². The van der Waals surface area contributed by atoms with Gasteiger partial charge in [0.1, 0.15) is 23.0 Å². The van der Waals surface area contributed by atoms with Gasteiger partial charge in [0.25, 0.3) is 11.8 Å². The first-order chi connectivity index (χ1) is 20.6. The van der Waals surface area contributed by atoms with Gasteiger partial charge < -0.3 is 24.8 Å². The first-order valence-electron chi connectivity index (χ1n) is 13.9. The number of hydrogen-bond donors (Lipinski definition) is 2. The van der Waals surface area contributed by atoms with Gasteiger partial charge in [-0.3, -0.25) is 9.59 Å². The SMILES string of the molecule is CC(C)COc1ccc(C(=O)Nc2ccc(Oc3ccc(NC(=O)c4ccc(OCC(C)C)c(Br)c4)cc3)cc2)cc1Br. The third-order valence-electron chi connectivity index (χ3n) is 5.99. The smallest absolute Gasteiger partial charge is 0.255 e. The Kier molecular flexibility index (Phi) is 11.3. The molecule has 0 spiro atoms. The molecule has 0 saturated heterocycles. The second-order valence-corrected chi connectivity index (χ2v) is 12.5. The molecule has 0 fully saturated rings. The van der Waals surface area contributed by atoms with Gasteiger partial charge in [0.2, 0.25) is 0 Å². The van der Waals surface area contributed by atoms with Crippen LogP contribution in [0.5, 0.6) is 23.0 Å². The summed E-state index contributed by atoms with van der Waals surface area (Å²) in [7, 11) is 0. The zero-order valence-electron chi connectivity index (χ0n) is 24.4. The Morgan fingerprint density at radius 2 is 0.977 bits per heavy atom. The van der Waals surface area contributed by atoms with E-state index >= 15 is 0 Å². The Bertz CT molecular complexity index is 1440.